The Bertz CT molecular complexity index is 810. The van der Waals surface area contributed by atoms with Gasteiger partial charge in [-0.1, -0.05) is 0 Å². The number of thiazole rings is 1. The van der Waals surface area contributed by atoms with Gasteiger partial charge >= 0.3 is 0 Å². The van der Waals surface area contributed by atoms with Gasteiger partial charge in [-0.05, 0) is 31.6 Å². The van der Waals surface area contributed by atoms with Gasteiger partial charge in [-0.25, -0.2) is 4.98 Å². The number of carbonyl (C=O) groups is 1. The molecule has 4 heterocycles. The van der Waals surface area contributed by atoms with Crippen LogP contribution in [0, 0.1) is 18.8 Å². The average molecular weight is 358 g/mol. The van der Waals surface area contributed by atoms with E-state index in [4.69, 9.17) is 0 Å². The minimum atomic E-state index is -0.0603. The minimum Gasteiger partial charge on any atom is -0.347 e. The van der Waals surface area contributed by atoms with Crippen LogP contribution in [0.2, 0.25) is 0 Å². The van der Waals surface area contributed by atoms with Gasteiger partial charge in [0, 0.05) is 43.5 Å². The average Bonchev–Trinajstić information content (AvgIpc) is 2.99. The van der Waals surface area contributed by atoms with Crippen molar-refractivity contribution < 1.29 is 4.79 Å². The van der Waals surface area contributed by atoms with Crippen molar-refractivity contribution in [1.29, 1.82) is 0 Å². The van der Waals surface area contributed by atoms with E-state index in [1.165, 1.54) is 4.88 Å². The normalized spacial score (nSPS) is 25.6. The van der Waals surface area contributed by atoms with Crippen molar-refractivity contribution in [3.05, 3.63) is 27.7 Å². The van der Waals surface area contributed by atoms with Gasteiger partial charge in [-0.3, -0.25) is 9.69 Å². The first-order chi connectivity index (χ1) is 12.2. The molecule has 2 aromatic rings. The number of hydrogen-bond acceptors (Lipinski definition) is 6. The first kappa shape index (κ1) is 15.5. The fourth-order valence-corrected chi connectivity index (χ4v) is 4.90. The molecule has 8 heteroatoms. The molecule has 2 atom stereocenters. The summed E-state index contributed by atoms with van der Waals surface area (Å²) in [6.45, 7) is 6.10. The van der Waals surface area contributed by atoms with E-state index in [0.29, 0.717) is 23.7 Å². The van der Waals surface area contributed by atoms with Crippen LogP contribution in [0.4, 0.5) is 0 Å². The number of nitrogens with zero attached hydrogens (tertiary/aromatic N) is 5. The molecule has 0 bridgehead atoms. The summed E-state index contributed by atoms with van der Waals surface area (Å²) in [7, 11) is 0. The molecule has 132 valence electrons. The molecular weight excluding hydrogens is 336 g/mol. The molecule has 1 amide bonds. The van der Waals surface area contributed by atoms with Crippen molar-refractivity contribution in [2.75, 3.05) is 13.1 Å². The van der Waals surface area contributed by atoms with Crippen LogP contribution in [0.5, 0.6) is 0 Å². The van der Waals surface area contributed by atoms with E-state index in [1.54, 1.807) is 11.3 Å². The standard InChI is InChI=1S/C17H22N6OS/c1-10-14(25-9-18-10)8-22-5-11-4-15-20-21-16(17(24)19-13-2-3-13)23(15)7-12(11)6-22/h9,11-13H,2-8H2,1H3,(H,19,24). The van der Waals surface area contributed by atoms with Crippen molar-refractivity contribution in [1.82, 2.24) is 30.0 Å². The SMILES string of the molecule is Cc1ncsc1CN1CC2Cc3nnc(C(=O)NC4CC4)n3CC2C1. The number of fused-ring (bicyclic) bond motifs is 2. The maximum atomic E-state index is 12.4. The number of amides is 1. The predicted molar refractivity (Wildman–Crippen MR) is 93.3 cm³/mol. The fraction of sp³-hybridized carbons (Fsp3) is 0.647. The molecule has 1 N–H and O–H groups in total. The maximum absolute atomic E-state index is 12.4. The van der Waals surface area contributed by atoms with Gasteiger partial charge in [-0.15, -0.1) is 21.5 Å². The van der Waals surface area contributed by atoms with Crippen LogP contribution in [0.3, 0.4) is 0 Å². The van der Waals surface area contributed by atoms with Crippen molar-refractivity contribution in [3.63, 3.8) is 0 Å². The number of likely N-dealkylation sites (tertiary alicyclic amines) is 1. The van der Waals surface area contributed by atoms with Crippen molar-refractivity contribution >= 4 is 17.2 Å². The third-order valence-electron chi connectivity index (χ3n) is 5.67. The number of aryl methyl sites for hydroxylation is 1. The van der Waals surface area contributed by atoms with Gasteiger partial charge in [0.1, 0.15) is 5.82 Å². The van der Waals surface area contributed by atoms with E-state index in [1.807, 2.05) is 5.51 Å². The second kappa shape index (κ2) is 5.88. The second-order valence-corrected chi connectivity index (χ2v) is 8.52. The molecule has 0 radical (unpaired) electrons. The predicted octanol–water partition coefficient (Wildman–Crippen LogP) is 1.24. The topological polar surface area (TPSA) is 75.9 Å². The molecule has 5 rings (SSSR count). The summed E-state index contributed by atoms with van der Waals surface area (Å²) in [6, 6.07) is 0.349. The van der Waals surface area contributed by atoms with Crippen LogP contribution >= 0.6 is 11.3 Å². The molecule has 2 aromatic heterocycles. The number of hydrogen-bond donors (Lipinski definition) is 1. The molecule has 25 heavy (non-hydrogen) atoms. The Balaban J connectivity index is 1.29. The molecule has 2 unspecified atom stereocenters. The van der Waals surface area contributed by atoms with E-state index >= 15 is 0 Å². The lowest BCUT2D eigenvalue weighted by atomic mass is 9.89. The van der Waals surface area contributed by atoms with Crippen molar-refractivity contribution in [2.24, 2.45) is 11.8 Å². The molecule has 1 saturated heterocycles. The van der Waals surface area contributed by atoms with E-state index in [0.717, 1.165) is 57.0 Å². The number of nitrogens with one attached hydrogen (secondary N) is 1. The highest BCUT2D eigenvalue weighted by atomic mass is 32.1. The second-order valence-electron chi connectivity index (χ2n) is 7.58. The smallest absolute Gasteiger partial charge is 0.289 e. The first-order valence-corrected chi connectivity index (χ1v) is 9.89. The highest BCUT2D eigenvalue weighted by Crippen LogP contribution is 2.34. The number of rotatable bonds is 4. The van der Waals surface area contributed by atoms with E-state index in [-0.39, 0.29) is 5.91 Å². The van der Waals surface area contributed by atoms with Crippen LogP contribution in [-0.2, 0) is 19.5 Å². The lowest BCUT2D eigenvalue weighted by molar-refractivity contribution is 0.0932. The maximum Gasteiger partial charge on any atom is 0.289 e. The molecule has 0 aromatic carbocycles. The summed E-state index contributed by atoms with van der Waals surface area (Å²) in [5.41, 5.74) is 3.08. The molecule has 7 nitrogen and oxygen atoms in total. The Morgan fingerprint density at radius 3 is 2.88 bits per heavy atom. The van der Waals surface area contributed by atoms with Crippen molar-refractivity contribution in [2.45, 2.75) is 45.3 Å². The molecule has 2 aliphatic heterocycles. The lowest BCUT2D eigenvalue weighted by Crippen LogP contribution is -2.33. The lowest BCUT2D eigenvalue weighted by Gasteiger charge is -2.25. The zero-order valence-corrected chi connectivity index (χ0v) is 15.1. The Hall–Kier alpha value is -1.80. The van der Waals surface area contributed by atoms with Crippen LogP contribution in [0.1, 0.15) is 39.9 Å². The van der Waals surface area contributed by atoms with Gasteiger partial charge in [0.05, 0.1) is 11.2 Å². The van der Waals surface area contributed by atoms with E-state index in [9.17, 15) is 4.79 Å². The van der Waals surface area contributed by atoms with E-state index in [2.05, 4.69) is 36.9 Å². The summed E-state index contributed by atoms with van der Waals surface area (Å²) in [6.07, 6.45) is 3.10. The summed E-state index contributed by atoms with van der Waals surface area (Å²) in [4.78, 5) is 20.6. The van der Waals surface area contributed by atoms with Gasteiger partial charge in [0.2, 0.25) is 5.82 Å². The highest BCUT2D eigenvalue weighted by Gasteiger charge is 2.39. The zero-order valence-electron chi connectivity index (χ0n) is 14.3. The molecule has 0 spiro atoms. The first-order valence-electron chi connectivity index (χ1n) is 9.01. The van der Waals surface area contributed by atoms with Gasteiger partial charge in [0.25, 0.3) is 5.91 Å². The van der Waals surface area contributed by atoms with Gasteiger partial charge in [-0.2, -0.15) is 0 Å². The van der Waals surface area contributed by atoms with Crippen LogP contribution in [0.25, 0.3) is 0 Å². The molecule has 2 fully saturated rings. The zero-order chi connectivity index (χ0) is 17.0. The van der Waals surface area contributed by atoms with E-state index < -0.39 is 0 Å². The number of aromatic nitrogens is 4. The largest absolute Gasteiger partial charge is 0.347 e. The van der Waals surface area contributed by atoms with Crippen LogP contribution in [-0.4, -0.2) is 49.7 Å². The number of carbonyl (C=O) groups excluding carboxylic acids is 1. The summed E-state index contributed by atoms with van der Waals surface area (Å²) in [5, 5.41) is 11.5. The summed E-state index contributed by atoms with van der Waals surface area (Å²) in [5.74, 6) is 2.60. The van der Waals surface area contributed by atoms with Gasteiger partial charge in [0.15, 0.2) is 0 Å². The Labute approximate surface area is 150 Å². The van der Waals surface area contributed by atoms with Crippen molar-refractivity contribution in [3.8, 4) is 0 Å². The Morgan fingerprint density at radius 2 is 2.12 bits per heavy atom. The summed E-state index contributed by atoms with van der Waals surface area (Å²) < 4.78 is 2.06. The van der Waals surface area contributed by atoms with Gasteiger partial charge < -0.3 is 9.88 Å². The fourth-order valence-electron chi connectivity index (χ4n) is 4.08. The Morgan fingerprint density at radius 1 is 1.28 bits per heavy atom. The monoisotopic (exact) mass is 358 g/mol. The highest BCUT2D eigenvalue weighted by molar-refractivity contribution is 7.09. The quantitative estimate of drug-likeness (QED) is 0.890. The third kappa shape index (κ3) is 2.87. The minimum absolute atomic E-state index is 0.0603. The van der Waals surface area contributed by atoms with Crippen LogP contribution < -0.4 is 5.32 Å². The molecular formula is C17H22N6OS. The third-order valence-corrected chi connectivity index (χ3v) is 6.59. The summed E-state index contributed by atoms with van der Waals surface area (Å²) >= 11 is 1.74. The molecule has 1 aliphatic carbocycles. The molecule has 3 aliphatic rings. The Kier molecular flexibility index (Phi) is 3.63. The van der Waals surface area contributed by atoms with Crippen LogP contribution in [0.15, 0.2) is 5.51 Å². The molecule has 1 saturated carbocycles.